The fourth-order valence-corrected chi connectivity index (χ4v) is 3.86. The summed E-state index contributed by atoms with van der Waals surface area (Å²) in [4.78, 5) is 30.2. The zero-order chi connectivity index (χ0) is 22.2. The first-order valence-electron chi connectivity index (χ1n) is 9.94. The summed E-state index contributed by atoms with van der Waals surface area (Å²) in [5.74, 6) is -0.199. The number of anilines is 1. The van der Waals surface area contributed by atoms with Gasteiger partial charge in [0.05, 0.1) is 47.8 Å². The van der Waals surface area contributed by atoms with Crippen molar-refractivity contribution in [3.63, 3.8) is 0 Å². The van der Waals surface area contributed by atoms with Crippen molar-refractivity contribution in [3.8, 4) is 11.5 Å². The number of phenolic OH excluding ortho intramolecular Hbond substituents is 1. The molecular formula is C25H18N2O5. The van der Waals surface area contributed by atoms with E-state index in [0.29, 0.717) is 50.5 Å². The highest BCUT2D eigenvalue weighted by atomic mass is 16.5. The Kier molecular flexibility index (Phi) is 4.71. The summed E-state index contributed by atoms with van der Waals surface area (Å²) >= 11 is 0. The quantitative estimate of drug-likeness (QED) is 0.455. The molecule has 2 N–H and O–H groups in total. The Bertz CT molecular complexity index is 1400. The van der Waals surface area contributed by atoms with Gasteiger partial charge in [-0.1, -0.05) is 30.3 Å². The topological polar surface area (TPSA) is 101 Å². The maximum absolute atomic E-state index is 12.9. The average Bonchev–Trinajstić information content (AvgIpc) is 3.19. The zero-order valence-corrected chi connectivity index (χ0v) is 17.1. The molecule has 0 saturated heterocycles. The van der Waals surface area contributed by atoms with Crippen LogP contribution >= 0.6 is 0 Å². The van der Waals surface area contributed by atoms with E-state index < -0.39 is 0 Å². The molecule has 0 unspecified atom stereocenters. The number of phenols is 1. The number of carbonyl (C=O) groups is 2. The molecule has 0 atom stereocenters. The largest absolute Gasteiger partial charge is 0.507 e. The smallest absolute Gasteiger partial charge is 0.230 e. The van der Waals surface area contributed by atoms with Crippen molar-refractivity contribution in [1.29, 1.82) is 0 Å². The lowest BCUT2D eigenvalue weighted by atomic mass is 10.0. The van der Waals surface area contributed by atoms with E-state index in [4.69, 9.17) is 9.15 Å². The fraction of sp³-hybridized carbons (Fsp3) is 0.0800. The highest BCUT2D eigenvalue weighted by molar-refractivity contribution is 6.21. The van der Waals surface area contributed by atoms with E-state index >= 15 is 0 Å². The summed E-state index contributed by atoms with van der Waals surface area (Å²) in [6.07, 6.45) is 1.42. The second-order valence-corrected chi connectivity index (χ2v) is 7.35. The van der Waals surface area contributed by atoms with Gasteiger partial charge in [0, 0.05) is 17.2 Å². The second-order valence-electron chi connectivity index (χ2n) is 7.35. The van der Waals surface area contributed by atoms with E-state index in [-0.39, 0.29) is 23.9 Å². The van der Waals surface area contributed by atoms with Crippen LogP contribution in [0.5, 0.6) is 11.5 Å². The molecule has 0 fully saturated rings. The third-order valence-electron chi connectivity index (χ3n) is 5.34. The number of nitrogens with zero attached hydrogens (tertiary/aromatic N) is 1. The van der Waals surface area contributed by atoms with Crippen LogP contribution < -0.4 is 10.1 Å². The van der Waals surface area contributed by atoms with E-state index in [0.717, 1.165) is 0 Å². The van der Waals surface area contributed by atoms with Gasteiger partial charge in [-0.3, -0.25) is 9.59 Å². The molecule has 1 aromatic heterocycles. The lowest BCUT2D eigenvalue weighted by Gasteiger charge is -2.12. The van der Waals surface area contributed by atoms with Crippen LogP contribution in [-0.2, 0) is 4.79 Å². The number of hydrogen-bond donors (Lipinski definition) is 2. The van der Waals surface area contributed by atoms with Crippen molar-refractivity contribution in [1.82, 2.24) is 0 Å². The predicted molar refractivity (Wildman–Crippen MR) is 120 cm³/mol. The summed E-state index contributed by atoms with van der Waals surface area (Å²) in [6.45, 7) is 0. The van der Waals surface area contributed by atoms with E-state index in [9.17, 15) is 14.7 Å². The van der Waals surface area contributed by atoms with Crippen molar-refractivity contribution in [2.24, 2.45) is 4.99 Å². The zero-order valence-electron chi connectivity index (χ0n) is 17.1. The fourth-order valence-electron chi connectivity index (χ4n) is 3.86. The molecule has 0 saturated carbocycles. The Hall–Kier alpha value is -4.39. The molecule has 1 aliphatic rings. The first-order chi connectivity index (χ1) is 15.5. The molecule has 4 aromatic rings. The minimum absolute atomic E-state index is 0.0794. The van der Waals surface area contributed by atoms with Crippen LogP contribution in [0.1, 0.15) is 27.9 Å². The van der Waals surface area contributed by atoms with Gasteiger partial charge in [0.1, 0.15) is 17.1 Å². The van der Waals surface area contributed by atoms with Gasteiger partial charge in [0.15, 0.2) is 5.78 Å². The van der Waals surface area contributed by atoms with Gasteiger partial charge in [-0.25, -0.2) is 4.99 Å². The predicted octanol–water partition coefficient (Wildman–Crippen LogP) is 4.84. The van der Waals surface area contributed by atoms with Crippen LogP contribution in [0, 0.1) is 0 Å². The number of fused-ring (bicyclic) bond motifs is 2. The molecule has 0 bridgehead atoms. The third-order valence-corrected chi connectivity index (χ3v) is 5.34. The van der Waals surface area contributed by atoms with Crippen LogP contribution in [0.15, 0.2) is 76.3 Å². The highest BCUT2D eigenvalue weighted by Crippen LogP contribution is 2.40. The molecule has 2 heterocycles. The number of aromatic hydroxyl groups is 1. The van der Waals surface area contributed by atoms with Gasteiger partial charge < -0.3 is 19.6 Å². The Morgan fingerprint density at radius 3 is 2.69 bits per heavy atom. The Morgan fingerprint density at radius 2 is 1.91 bits per heavy atom. The molecular weight excluding hydrogens is 408 g/mol. The SMILES string of the molecule is COc1c(C2=Nc3cc(C(=O)c4ccccc4)ccc3NC(=O)C2)c(O)cc2occc12. The first kappa shape index (κ1) is 19.6. The molecule has 7 nitrogen and oxygen atoms in total. The van der Waals surface area contributed by atoms with Crippen molar-refractivity contribution in [2.45, 2.75) is 6.42 Å². The number of furan rings is 1. The number of carbonyl (C=O) groups excluding carboxylic acids is 2. The van der Waals surface area contributed by atoms with E-state index in [1.165, 1.54) is 19.4 Å². The van der Waals surface area contributed by atoms with Crippen LogP contribution in [0.25, 0.3) is 11.0 Å². The van der Waals surface area contributed by atoms with E-state index in [1.54, 1.807) is 48.5 Å². The summed E-state index contributed by atoms with van der Waals surface area (Å²) < 4.78 is 10.9. The van der Waals surface area contributed by atoms with Gasteiger partial charge in [-0.05, 0) is 24.3 Å². The summed E-state index contributed by atoms with van der Waals surface area (Å²) in [7, 11) is 1.48. The summed E-state index contributed by atoms with van der Waals surface area (Å²) in [6, 6.07) is 17.1. The van der Waals surface area contributed by atoms with Crippen LogP contribution in [0.4, 0.5) is 11.4 Å². The third kappa shape index (κ3) is 3.30. The molecule has 5 rings (SSSR count). The van der Waals surface area contributed by atoms with Crippen molar-refractivity contribution in [3.05, 3.63) is 83.6 Å². The summed E-state index contributed by atoms with van der Waals surface area (Å²) in [5.41, 5.74) is 2.98. The maximum Gasteiger partial charge on any atom is 0.230 e. The Balaban J connectivity index is 1.66. The number of hydrogen-bond acceptors (Lipinski definition) is 6. The number of rotatable bonds is 4. The van der Waals surface area contributed by atoms with Crippen molar-refractivity contribution < 1.29 is 23.8 Å². The minimum atomic E-state index is -0.293. The molecule has 0 spiro atoms. The number of ketones is 1. The second kappa shape index (κ2) is 7.70. The average molecular weight is 426 g/mol. The molecule has 0 aliphatic carbocycles. The number of aliphatic imine (C=N–C) groups is 1. The lowest BCUT2D eigenvalue weighted by Crippen LogP contribution is -2.15. The molecule has 0 radical (unpaired) electrons. The van der Waals surface area contributed by atoms with Crippen molar-refractivity contribution in [2.75, 3.05) is 12.4 Å². The summed E-state index contributed by atoms with van der Waals surface area (Å²) in [5, 5.41) is 14.2. The standard InChI is InChI=1S/C25H18N2O5/c1-31-25-16-9-10-32-21(16)13-20(28)23(25)19-12-22(29)27-17-8-7-15(11-18(17)26-19)24(30)14-5-3-2-4-6-14/h2-11,13,28H,12H2,1H3,(H,27,29). The highest BCUT2D eigenvalue weighted by Gasteiger charge is 2.25. The molecule has 1 aliphatic heterocycles. The Labute approximate surface area is 183 Å². The monoisotopic (exact) mass is 426 g/mol. The number of benzene rings is 3. The van der Waals surface area contributed by atoms with Crippen LogP contribution in [-0.4, -0.2) is 29.6 Å². The molecule has 7 heteroatoms. The number of ether oxygens (including phenoxy) is 1. The van der Waals surface area contributed by atoms with Gasteiger partial charge in [0.2, 0.25) is 5.91 Å². The Morgan fingerprint density at radius 1 is 1.09 bits per heavy atom. The van der Waals surface area contributed by atoms with Gasteiger partial charge >= 0.3 is 0 Å². The van der Waals surface area contributed by atoms with Gasteiger partial charge in [-0.2, -0.15) is 0 Å². The normalized spacial score (nSPS) is 13.2. The van der Waals surface area contributed by atoms with Crippen molar-refractivity contribution >= 4 is 39.7 Å². The van der Waals surface area contributed by atoms with Gasteiger partial charge in [-0.15, -0.1) is 0 Å². The van der Waals surface area contributed by atoms with E-state index in [2.05, 4.69) is 10.3 Å². The number of amides is 1. The minimum Gasteiger partial charge on any atom is -0.507 e. The van der Waals surface area contributed by atoms with Crippen LogP contribution in [0.2, 0.25) is 0 Å². The molecule has 1 amide bonds. The molecule has 3 aromatic carbocycles. The van der Waals surface area contributed by atoms with Crippen LogP contribution in [0.3, 0.4) is 0 Å². The number of methoxy groups -OCH3 is 1. The van der Waals surface area contributed by atoms with Gasteiger partial charge in [0.25, 0.3) is 0 Å². The number of nitrogens with one attached hydrogen (secondary N) is 1. The molecule has 158 valence electrons. The molecule has 32 heavy (non-hydrogen) atoms. The first-order valence-corrected chi connectivity index (χ1v) is 9.94. The maximum atomic E-state index is 12.9. The van der Waals surface area contributed by atoms with E-state index in [1.807, 2.05) is 6.07 Å². The lowest BCUT2D eigenvalue weighted by molar-refractivity contribution is -0.115.